The Morgan fingerprint density at radius 3 is 2.94 bits per heavy atom. The van der Waals surface area contributed by atoms with Crippen molar-refractivity contribution in [2.24, 2.45) is 7.05 Å². The van der Waals surface area contributed by atoms with Gasteiger partial charge in [0.25, 0.3) is 0 Å². The van der Waals surface area contributed by atoms with E-state index < -0.39 is 0 Å². The van der Waals surface area contributed by atoms with Gasteiger partial charge < -0.3 is 10.1 Å². The fraction of sp³-hybridized carbons (Fsp3) is 0.800. The number of hydrogen-bond acceptors (Lipinski definition) is 5. The molecule has 0 unspecified atom stereocenters. The fourth-order valence-electron chi connectivity index (χ4n) is 1.39. The van der Waals surface area contributed by atoms with Crippen LogP contribution >= 0.6 is 0 Å². The van der Waals surface area contributed by atoms with Gasteiger partial charge in [0.05, 0.1) is 12.3 Å². The average molecular weight is 227 g/mol. The van der Waals surface area contributed by atoms with E-state index in [-0.39, 0.29) is 0 Å². The first-order valence-corrected chi connectivity index (χ1v) is 5.45. The van der Waals surface area contributed by atoms with Crippen LogP contribution in [0.1, 0.15) is 5.69 Å². The van der Waals surface area contributed by atoms with E-state index in [0.717, 1.165) is 38.5 Å². The summed E-state index contributed by atoms with van der Waals surface area (Å²) in [6.07, 6.45) is 1.94. The molecule has 6 heteroatoms. The van der Waals surface area contributed by atoms with E-state index >= 15 is 0 Å². The standard InChI is InChI=1S/C10H21N5O/c1-14(6-4-11-5-7-16-3)8-10-9-15(2)13-12-10/h9,11H,4-8H2,1-3H3. The van der Waals surface area contributed by atoms with Crippen LogP contribution in [0.15, 0.2) is 6.20 Å². The summed E-state index contributed by atoms with van der Waals surface area (Å²) >= 11 is 0. The second-order valence-corrected chi connectivity index (χ2v) is 3.86. The van der Waals surface area contributed by atoms with Gasteiger partial charge in [0, 0.05) is 46.5 Å². The molecule has 0 saturated heterocycles. The van der Waals surface area contributed by atoms with E-state index in [1.165, 1.54) is 0 Å². The monoisotopic (exact) mass is 227 g/mol. The first-order valence-electron chi connectivity index (χ1n) is 5.45. The maximum atomic E-state index is 4.95. The molecule has 0 aromatic carbocycles. The lowest BCUT2D eigenvalue weighted by Gasteiger charge is -2.15. The molecule has 0 bridgehead atoms. The minimum Gasteiger partial charge on any atom is -0.383 e. The van der Waals surface area contributed by atoms with Crippen molar-refractivity contribution in [2.45, 2.75) is 6.54 Å². The molecule has 0 fully saturated rings. The molecule has 0 saturated carbocycles. The van der Waals surface area contributed by atoms with Gasteiger partial charge in [-0.05, 0) is 7.05 Å². The van der Waals surface area contributed by atoms with Gasteiger partial charge in [0.2, 0.25) is 0 Å². The minimum atomic E-state index is 0.758. The number of nitrogens with one attached hydrogen (secondary N) is 1. The number of methoxy groups -OCH3 is 1. The summed E-state index contributed by atoms with van der Waals surface area (Å²) in [5.74, 6) is 0. The van der Waals surface area contributed by atoms with Gasteiger partial charge in [-0.1, -0.05) is 5.21 Å². The number of likely N-dealkylation sites (N-methyl/N-ethyl adjacent to an activating group) is 1. The summed E-state index contributed by atoms with van der Waals surface area (Å²) < 4.78 is 6.67. The number of nitrogens with zero attached hydrogens (tertiary/aromatic N) is 4. The summed E-state index contributed by atoms with van der Waals surface area (Å²) in [7, 11) is 5.66. The van der Waals surface area contributed by atoms with Crippen LogP contribution < -0.4 is 5.32 Å². The van der Waals surface area contributed by atoms with Gasteiger partial charge in [-0.15, -0.1) is 5.10 Å². The smallest absolute Gasteiger partial charge is 0.0966 e. The highest BCUT2D eigenvalue weighted by atomic mass is 16.5. The maximum absolute atomic E-state index is 4.95. The van der Waals surface area contributed by atoms with Crippen molar-refractivity contribution in [3.63, 3.8) is 0 Å². The van der Waals surface area contributed by atoms with Crippen LogP contribution in [0, 0.1) is 0 Å². The Morgan fingerprint density at radius 2 is 2.31 bits per heavy atom. The Bertz CT molecular complexity index is 288. The van der Waals surface area contributed by atoms with Crippen molar-refractivity contribution < 1.29 is 4.74 Å². The molecule has 0 radical (unpaired) electrons. The van der Waals surface area contributed by atoms with Crippen LogP contribution in [0.3, 0.4) is 0 Å². The Morgan fingerprint density at radius 1 is 1.50 bits per heavy atom. The first-order chi connectivity index (χ1) is 7.72. The van der Waals surface area contributed by atoms with E-state index in [9.17, 15) is 0 Å². The number of ether oxygens (including phenoxy) is 1. The predicted octanol–water partition coefficient (Wildman–Crippen LogP) is -0.517. The molecule has 16 heavy (non-hydrogen) atoms. The summed E-state index contributed by atoms with van der Waals surface area (Å²) in [6, 6.07) is 0. The van der Waals surface area contributed by atoms with Crippen LogP contribution in [0.25, 0.3) is 0 Å². The third-order valence-corrected chi connectivity index (χ3v) is 2.24. The number of aromatic nitrogens is 3. The molecule has 0 amide bonds. The molecule has 1 aromatic rings. The van der Waals surface area contributed by atoms with Crippen LogP contribution in [0.2, 0.25) is 0 Å². The van der Waals surface area contributed by atoms with E-state index in [1.807, 2.05) is 13.2 Å². The number of rotatable bonds is 8. The van der Waals surface area contributed by atoms with Crippen molar-refractivity contribution in [1.29, 1.82) is 0 Å². The largest absolute Gasteiger partial charge is 0.383 e. The molecular weight excluding hydrogens is 206 g/mol. The lowest BCUT2D eigenvalue weighted by atomic mass is 10.4. The lowest BCUT2D eigenvalue weighted by Crippen LogP contribution is -2.30. The Kier molecular flexibility index (Phi) is 5.99. The molecule has 0 aliphatic rings. The Balaban J connectivity index is 2.09. The summed E-state index contributed by atoms with van der Waals surface area (Å²) in [5, 5.41) is 11.2. The zero-order chi connectivity index (χ0) is 11.8. The zero-order valence-electron chi connectivity index (χ0n) is 10.3. The molecule has 0 spiro atoms. The van der Waals surface area contributed by atoms with Crippen molar-refractivity contribution >= 4 is 0 Å². The number of hydrogen-bond donors (Lipinski definition) is 1. The highest BCUT2D eigenvalue weighted by molar-refractivity contribution is 4.91. The topological polar surface area (TPSA) is 55.2 Å². The second-order valence-electron chi connectivity index (χ2n) is 3.86. The molecule has 1 rings (SSSR count). The van der Waals surface area contributed by atoms with Crippen molar-refractivity contribution in [3.05, 3.63) is 11.9 Å². The highest BCUT2D eigenvalue weighted by Gasteiger charge is 2.02. The molecule has 1 aromatic heterocycles. The molecule has 6 nitrogen and oxygen atoms in total. The molecule has 1 N–H and O–H groups in total. The molecule has 0 atom stereocenters. The SMILES string of the molecule is COCCNCCN(C)Cc1cn(C)nn1. The first kappa shape index (κ1) is 13.1. The van der Waals surface area contributed by atoms with E-state index in [0.29, 0.717) is 0 Å². The van der Waals surface area contributed by atoms with Gasteiger partial charge in [-0.3, -0.25) is 9.58 Å². The summed E-state index contributed by atoms with van der Waals surface area (Å²) in [5.41, 5.74) is 1.00. The van der Waals surface area contributed by atoms with E-state index in [1.54, 1.807) is 11.8 Å². The predicted molar refractivity (Wildman–Crippen MR) is 62.1 cm³/mol. The van der Waals surface area contributed by atoms with E-state index in [2.05, 4.69) is 27.6 Å². The Labute approximate surface area is 96.6 Å². The maximum Gasteiger partial charge on any atom is 0.0966 e. The third kappa shape index (κ3) is 5.20. The fourth-order valence-corrected chi connectivity index (χ4v) is 1.39. The van der Waals surface area contributed by atoms with Crippen LogP contribution in [-0.4, -0.2) is 60.3 Å². The van der Waals surface area contributed by atoms with Crippen molar-refractivity contribution in [1.82, 2.24) is 25.2 Å². The highest BCUT2D eigenvalue weighted by Crippen LogP contribution is 1.96. The molecule has 0 aliphatic heterocycles. The van der Waals surface area contributed by atoms with Gasteiger partial charge in [0.1, 0.15) is 0 Å². The van der Waals surface area contributed by atoms with Crippen LogP contribution in [0.4, 0.5) is 0 Å². The zero-order valence-corrected chi connectivity index (χ0v) is 10.3. The van der Waals surface area contributed by atoms with Crippen molar-refractivity contribution in [2.75, 3.05) is 40.4 Å². The lowest BCUT2D eigenvalue weighted by molar-refractivity contribution is 0.197. The van der Waals surface area contributed by atoms with Gasteiger partial charge in [0.15, 0.2) is 0 Å². The second kappa shape index (κ2) is 7.32. The summed E-state index contributed by atoms with van der Waals surface area (Å²) in [4.78, 5) is 2.21. The Hall–Kier alpha value is -0.980. The van der Waals surface area contributed by atoms with Gasteiger partial charge in [-0.25, -0.2) is 0 Å². The molecule has 1 heterocycles. The third-order valence-electron chi connectivity index (χ3n) is 2.24. The minimum absolute atomic E-state index is 0.758. The van der Waals surface area contributed by atoms with Gasteiger partial charge in [-0.2, -0.15) is 0 Å². The van der Waals surface area contributed by atoms with Crippen molar-refractivity contribution in [3.8, 4) is 0 Å². The summed E-state index contributed by atoms with van der Waals surface area (Å²) in [6.45, 7) is 4.43. The van der Waals surface area contributed by atoms with Crippen LogP contribution in [0.5, 0.6) is 0 Å². The quantitative estimate of drug-likeness (QED) is 0.606. The number of aryl methyl sites for hydroxylation is 1. The van der Waals surface area contributed by atoms with Gasteiger partial charge >= 0.3 is 0 Å². The molecular formula is C10H21N5O. The van der Waals surface area contributed by atoms with E-state index in [4.69, 9.17) is 4.74 Å². The van der Waals surface area contributed by atoms with Crippen LogP contribution in [-0.2, 0) is 18.3 Å². The average Bonchev–Trinajstić information content (AvgIpc) is 2.63. The molecule has 0 aliphatic carbocycles. The normalized spacial score (nSPS) is 11.2. The molecule has 92 valence electrons.